The maximum absolute atomic E-state index is 13.5. The Labute approximate surface area is 113 Å². The Morgan fingerprint density at radius 3 is 3.00 bits per heavy atom. The number of allylic oxidation sites excluding steroid dienone is 1. The van der Waals surface area contributed by atoms with E-state index in [4.69, 9.17) is 1.37 Å². The maximum Gasteiger partial charge on any atom is 0.149 e. The molecule has 0 N–H and O–H groups in total. The normalized spacial score (nSPS) is 21.1. The first-order chi connectivity index (χ1) is 8.52. The molecular weight excluding hydrogens is 310 g/mol. The zero-order valence-electron chi connectivity index (χ0n) is 10.1. The fourth-order valence-corrected chi connectivity index (χ4v) is 3.16. The number of rotatable bonds is 3. The summed E-state index contributed by atoms with van der Waals surface area (Å²) in [6.07, 6.45) is 2.12. The zero-order valence-corrected chi connectivity index (χ0v) is 11.5. The van der Waals surface area contributed by atoms with Crippen molar-refractivity contribution in [1.29, 1.82) is 0 Å². The van der Waals surface area contributed by atoms with Gasteiger partial charge in [0.1, 0.15) is 15.9 Å². The Morgan fingerprint density at radius 2 is 2.41 bits per heavy atom. The number of hydrogen-bond donors (Lipinski definition) is 0. The monoisotopic (exact) mass is 321 g/mol. The van der Waals surface area contributed by atoms with E-state index < -0.39 is 11.6 Å². The van der Waals surface area contributed by atoms with Gasteiger partial charge in [0.15, 0.2) is 0 Å². The van der Waals surface area contributed by atoms with Crippen LogP contribution in [-0.2, 0) is 6.54 Å². The third-order valence-corrected chi connectivity index (χ3v) is 4.45. The molecule has 1 aromatic rings. The van der Waals surface area contributed by atoms with Crippen molar-refractivity contribution < 1.29 is 10.2 Å². The number of alkyl halides is 1. The van der Waals surface area contributed by atoms with E-state index in [-0.39, 0.29) is 16.5 Å². The van der Waals surface area contributed by atoms with Crippen LogP contribution in [0.25, 0.3) is 0 Å². The van der Waals surface area contributed by atoms with Crippen molar-refractivity contribution >= 4 is 27.7 Å². The minimum absolute atomic E-state index is 0.105. The molecular formula is C11H11BrF2N2S. The molecule has 1 aliphatic heterocycles. The average molecular weight is 322 g/mol. The quantitative estimate of drug-likeness (QED) is 0.621. The molecule has 1 atom stereocenters. The molecule has 0 saturated carbocycles. The number of hydrogen-bond acceptors (Lipinski definition) is 3. The highest BCUT2D eigenvalue weighted by Crippen LogP contribution is 2.38. The van der Waals surface area contributed by atoms with Crippen LogP contribution in [0.3, 0.4) is 0 Å². The minimum Gasteiger partial charge on any atom is -0.350 e. The van der Waals surface area contributed by atoms with Crippen LogP contribution in [0.5, 0.6) is 0 Å². The van der Waals surface area contributed by atoms with Gasteiger partial charge in [-0.3, -0.25) is 4.98 Å². The lowest BCUT2D eigenvalue weighted by molar-refractivity contribution is 0.401. The lowest BCUT2D eigenvalue weighted by atomic mass is 10.3. The van der Waals surface area contributed by atoms with Gasteiger partial charge in [-0.1, -0.05) is 34.6 Å². The van der Waals surface area contributed by atoms with Crippen molar-refractivity contribution in [1.82, 2.24) is 9.88 Å². The Morgan fingerprint density at radius 1 is 1.65 bits per heavy atom. The van der Waals surface area contributed by atoms with Crippen LogP contribution in [-0.4, -0.2) is 14.2 Å². The first-order valence-electron chi connectivity index (χ1n) is 5.60. The van der Waals surface area contributed by atoms with Crippen molar-refractivity contribution in [3.8, 4) is 0 Å². The molecule has 0 amide bonds. The highest BCUT2D eigenvalue weighted by Gasteiger charge is 2.23. The predicted octanol–water partition coefficient (Wildman–Crippen LogP) is 3.84. The molecule has 1 aliphatic rings. The summed E-state index contributed by atoms with van der Waals surface area (Å²) < 4.78 is 34.1. The summed E-state index contributed by atoms with van der Waals surface area (Å²) in [4.78, 5) is 6.36. The van der Waals surface area contributed by atoms with Gasteiger partial charge in [-0.05, 0) is 6.42 Å². The molecule has 0 aromatic carbocycles. The van der Waals surface area contributed by atoms with Crippen LogP contribution in [0, 0.1) is 11.6 Å². The van der Waals surface area contributed by atoms with Crippen molar-refractivity contribution in [2.45, 2.75) is 24.2 Å². The summed E-state index contributed by atoms with van der Waals surface area (Å²) in [5.74, 6) is -1.38. The lowest BCUT2D eigenvalue weighted by Crippen LogP contribution is -2.20. The highest BCUT2D eigenvalue weighted by molar-refractivity contribution is 9.11. The van der Waals surface area contributed by atoms with Crippen molar-refractivity contribution in [3.63, 3.8) is 0 Å². The number of halogens is 3. The summed E-state index contributed by atoms with van der Waals surface area (Å²) in [6, 6.07) is 0.808. The molecule has 17 heavy (non-hydrogen) atoms. The van der Waals surface area contributed by atoms with Gasteiger partial charge in [0.05, 0.1) is 19.8 Å². The molecule has 0 bridgehead atoms. The van der Waals surface area contributed by atoms with Gasteiger partial charge >= 0.3 is 0 Å². The third-order valence-electron chi connectivity index (χ3n) is 2.28. The van der Waals surface area contributed by atoms with Gasteiger partial charge in [0.25, 0.3) is 0 Å². The molecule has 2 rings (SSSR count). The highest BCUT2D eigenvalue weighted by atomic mass is 79.9. The van der Waals surface area contributed by atoms with Gasteiger partial charge in [-0.15, -0.1) is 0 Å². The first kappa shape index (κ1) is 11.5. The molecule has 0 spiro atoms. The number of aromatic nitrogens is 1. The number of pyridine rings is 1. The largest absolute Gasteiger partial charge is 0.350 e. The van der Waals surface area contributed by atoms with E-state index in [1.807, 2.05) is 6.92 Å². The molecule has 0 aliphatic carbocycles. The summed E-state index contributed by atoms with van der Waals surface area (Å²) in [5, 5.41) is 0. The van der Waals surface area contributed by atoms with Gasteiger partial charge in [-0.25, -0.2) is 8.78 Å². The van der Waals surface area contributed by atoms with Gasteiger partial charge < -0.3 is 4.90 Å². The number of thioether (sulfide) groups is 1. The van der Waals surface area contributed by atoms with Crippen molar-refractivity contribution in [2.24, 2.45) is 0 Å². The SMILES string of the molecule is [2H]C1=C(CC)SC(Br)N1Cc1ncc(F)cc1F. The van der Waals surface area contributed by atoms with E-state index in [0.29, 0.717) is 6.18 Å². The third kappa shape index (κ3) is 2.98. The second kappa shape index (κ2) is 5.35. The van der Waals surface area contributed by atoms with Crippen LogP contribution >= 0.6 is 27.7 Å². The molecule has 92 valence electrons. The van der Waals surface area contributed by atoms with Gasteiger partial charge in [-0.2, -0.15) is 0 Å². The van der Waals surface area contributed by atoms with Crippen LogP contribution in [0.1, 0.15) is 20.4 Å². The smallest absolute Gasteiger partial charge is 0.149 e. The standard InChI is InChI=1S/C11H11BrF2N2S/c1-2-8-5-16(11(12)17-8)6-10-9(14)3-7(13)4-15-10/h3-5,11H,2,6H2,1H3/i5D. The minimum atomic E-state index is -0.696. The Hall–Kier alpha value is -0.620. The summed E-state index contributed by atoms with van der Waals surface area (Å²) in [6.45, 7) is 2.12. The van der Waals surface area contributed by atoms with Crippen LogP contribution in [0.15, 0.2) is 23.3 Å². The van der Waals surface area contributed by atoms with Crippen molar-refractivity contribution in [3.05, 3.63) is 40.7 Å². The summed E-state index contributed by atoms with van der Waals surface area (Å²) in [5.41, 5.74) is 0.142. The maximum atomic E-state index is 13.5. The van der Waals surface area contributed by atoms with E-state index in [1.54, 1.807) is 4.90 Å². The first-order valence-corrected chi connectivity index (χ1v) is 6.89. The molecule has 1 aromatic heterocycles. The Balaban J connectivity index is 2.21. The summed E-state index contributed by atoms with van der Waals surface area (Å²) >= 11 is 4.95. The Bertz CT molecular complexity index is 498. The van der Waals surface area contributed by atoms with E-state index in [1.165, 1.54) is 11.8 Å². The topological polar surface area (TPSA) is 16.1 Å². The van der Waals surface area contributed by atoms with E-state index in [2.05, 4.69) is 20.9 Å². The number of nitrogens with zero attached hydrogens (tertiary/aromatic N) is 2. The fraction of sp³-hybridized carbons (Fsp3) is 0.364. The van der Waals surface area contributed by atoms with Crippen LogP contribution in [0.2, 0.25) is 0 Å². The van der Waals surface area contributed by atoms with E-state index in [0.717, 1.165) is 23.6 Å². The van der Waals surface area contributed by atoms with Gasteiger partial charge in [0, 0.05) is 17.1 Å². The molecule has 0 radical (unpaired) electrons. The van der Waals surface area contributed by atoms with Crippen LogP contribution < -0.4 is 0 Å². The molecule has 2 nitrogen and oxygen atoms in total. The molecule has 2 heterocycles. The molecule has 0 saturated heterocycles. The van der Waals surface area contributed by atoms with E-state index in [9.17, 15) is 8.78 Å². The second-order valence-electron chi connectivity index (χ2n) is 3.51. The van der Waals surface area contributed by atoms with E-state index >= 15 is 0 Å². The van der Waals surface area contributed by atoms with Gasteiger partial charge in [0.2, 0.25) is 0 Å². The molecule has 0 fully saturated rings. The molecule has 6 heteroatoms. The lowest BCUT2D eigenvalue weighted by Gasteiger charge is -2.19. The fourth-order valence-electron chi connectivity index (χ4n) is 1.41. The predicted molar refractivity (Wildman–Crippen MR) is 68.4 cm³/mol. The zero-order chi connectivity index (χ0) is 13.3. The van der Waals surface area contributed by atoms with Crippen molar-refractivity contribution in [2.75, 3.05) is 0 Å². The van der Waals surface area contributed by atoms with Crippen LogP contribution in [0.4, 0.5) is 8.78 Å². The molecule has 1 unspecified atom stereocenters. The average Bonchev–Trinajstić information content (AvgIpc) is 2.59. The summed E-state index contributed by atoms with van der Waals surface area (Å²) in [7, 11) is 0. The second-order valence-corrected chi connectivity index (χ2v) is 6.16. The Kier molecular flexibility index (Phi) is 3.61.